The van der Waals surface area contributed by atoms with Gasteiger partial charge in [-0.2, -0.15) is 5.26 Å². The second-order valence-corrected chi connectivity index (χ2v) is 10.8. The Hall–Kier alpha value is -3.80. The van der Waals surface area contributed by atoms with Gasteiger partial charge in [0, 0.05) is 36.7 Å². The Morgan fingerprint density at radius 3 is 2.68 bits per heavy atom. The molecule has 1 N–H and O–H groups in total. The van der Waals surface area contributed by atoms with Crippen LogP contribution in [0.2, 0.25) is 0 Å². The van der Waals surface area contributed by atoms with Crippen molar-refractivity contribution in [3.63, 3.8) is 0 Å². The quantitative estimate of drug-likeness (QED) is 0.492. The second-order valence-electron chi connectivity index (χ2n) is 10.8. The zero-order valence-electron chi connectivity index (χ0n) is 23.0. The smallest absolute Gasteiger partial charge is 0.255 e. The van der Waals surface area contributed by atoms with Crippen molar-refractivity contribution < 1.29 is 9.53 Å². The average Bonchev–Trinajstić information content (AvgIpc) is 2.90. The van der Waals surface area contributed by atoms with Crippen molar-refractivity contribution >= 4 is 17.4 Å². The number of carbonyl (C=O) groups excluding carboxylic acids is 1. The zero-order valence-corrected chi connectivity index (χ0v) is 23.0. The van der Waals surface area contributed by atoms with Gasteiger partial charge in [0.25, 0.3) is 5.91 Å². The van der Waals surface area contributed by atoms with Crippen LogP contribution in [-0.2, 0) is 10.2 Å². The monoisotopic (exact) mass is 512 g/mol. The highest BCUT2D eigenvalue weighted by Crippen LogP contribution is 2.30. The van der Waals surface area contributed by atoms with Crippen LogP contribution in [0.4, 0.5) is 11.5 Å². The third-order valence-corrected chi connectivity index (χ3v) is 6.86. The molecule has 1 amide bonds. The Morgan fingerprint density at radius 1 is 1.18 bits per heavy atom. The highest BCUT2D eigenvalue weighted by molar-refractivity contribution is 6.04. The van der Waals surface area contributed by atoms with Gasteiger partial charge in [-0.15, -0.1) is 0 Å². The molecule has 0 unspecified atom stereocenters. The molecule has 0 saturated carbocycles. The maximum absolute atomic E-state index is 13.1. The van der Waals surface area contributed by atoms with E-state index in [0.29, 0.717) is 23.6 Å². The molecule has 8 nitrogen and oxygen atoms in total. The molecule has 3 heterocycles. The Bertz CT molecular complexity index is 1350. The number of rotatable bonds is 7. The van der Waals surface area contributed by atoms with E-state index in [1.54, 1.807) is 32.2 Å². The topological polar surface area (TPSA) is 94.4 Å². The van der Waals surface area contributed by atoms with Crippen LogP contribution in [0, 0.1) is 18.3 Å². The Labute approximate surface area is 225 Å². The lowest BCUT2D eigenvalue weighted by molar-refractivity contribution is 0.00851. The van der Waals surface area contributed by atoms with Crippen LogP contribution < -0.4 is 10.2 Å². The first-order chi connectivity index (χ1) is 18.1. The van der Waals surface area contributed by atoms with Gasteiger partial charge in [-0.05, 0) is 94.9 Å². The molecule has 0 bridgehead atoms. The van der Waals surface area contributed by atoms with Crippen LogP contribution in [0.15, 0.2) is 54.9 Å². The second kappa shape index (κ2) is 11.3. The summed E-state index contributed by atoms with van der Waals surface area (Å²) in [6.07, 6.45) is 3.53. The summed E-state index contributed by atoms with van der Waals surface area (Å²) in [5.41, 5.74) is 4.09. The number of hydrogen-bond acceptors (Lipinski definition) is 7. The van der Waals surface area contributed by atoms with Crippen molar-refractivity contribution in [2.75, 3.05) is 44.0 Å². The van der Waals surface area contributed by atoms with Crippen LogP contribution in [0.5, 0.6) is 0 Å². The number of amides is 1. The molecule has 1 fully saturated rings. The summed E-state index contributed by atoms with van der Waals surface area (Å²) in [5, 5.41) is 12.4. The van der Waals surface area contributed by atoms with Gasteiger partial charge in [0.05, 0.1) is 35.9 Å². The van der Waals surface area contributed by atoms with E-state index >= 15 is 0 Å². The van der Waals surface area contributed by atoms with Gasteiger partial charge >= 0.3 is 0 Å². The lowest BCUT2D eigenvalue weighted by Crippen LogP contribution is -2.51. The number of nitriles is 1. The molecule has 1 aliphatic heterocycles. The number of anilines is 2. The van der Waals surface area contributed by atoms with Crippen LogP contribution >= 0.6 is 0 Å². The number of aryl methyl sites for hydroxylation is 1. The fraction of sp³-hybridized carbons (Fsp3) is 0.400. The lowest BCUT2D eigenvalue weighted by Gasteiger charge is -2.39. The molecule has 38 heavy (non-hydrogen) atoms. The number of pyridine rings is 2. The SMILES string of the molecule is Cc1ccc(NC(=O)c2ccnc(C(C)(C)C#N)c2)cc1-c1ccnc(N2C[C@H](CN(C)C)OC[C@H]2C)c1. The first-order valence-electron chi connectivity index (χ1n) is 12.9. The standard InChI is InChI=1S/C30H36N6O2/c1-20-7-8-24(34-29(37)23-10-11-32-27(13-23)30(3,4)19-31)15-26(20)22-9-12-33-28(14-22)36-17-25(16-35(5)6)38-18-21(36)2/h7-15,21,25H,16-18H2,1-6H3,(H,34,37)/t21-,25+/m1/s1. The average molecular weight is 513 g/mol. The molecular formula is C30H36N6O2. The molecular weight excluding hydrogens is 476 g/mol. The minimum atomic E-state index is -0.781. The summed E-state index contributed by atoms with van der Waals surface area (Å²) in [4.78, 5) is 26.5. The molecule has 1 saturated heterocycles. The number of nitrogens with one attached hydrogen (secondary N) is 1. The van der Waals surface area contributed by atoms with Crippen LogP contribution in [-0.4, -0.2) is 66.7 Å². The maximum Gasteiger partial charge on any atom is 0.255 e. The van der Waals surface area contributed by atoms with Crippen molar-refractivity contribution in [2.24, 2.45) is 0 Å². The van der Waals surface area contributed by atoms with Crippen molar-refractivity contribution in [3.8, 4) is 17.2 Å². The van der Waals surface area contributed by atoms with Crippen molar-refractivity contribution in [2.45, 2.75) is 45.3 Å². The van der Waals surface area contributed by atoms with E-state index in [1.807, 2.05) is 30.5 Å². The third kappa shape index (κ3) is 6.18. The molecule has 4 rings (SSSR count). The number of nitrogens with zero attached hydrogens (tertiary/aromatic N) is 5. The van der Waals surface area contributed by atoms with Gasteiger partial charge < -0.3 is 19.9 Å². The predicted octanol–water partition coefficient (Wildman–Crippen LogP) is 4.66. The molecule has 2 atom stereocenters. The molecule has 198 valence electrons. The van der Waals surface area contributed by atoms with E-state index in [1.165, 1.54) is 0 Å². The Morgan fingerprint density at radius 2 is 1.95 bits per heavy atom. The van der Waals surface area contributed by atoms with Gasteiger partial charge in [0.1, 0.15) is 5.82 Å². The molecule has 2 aromatic heterocycles. The van der Waals surface area contributed by atoms with E-state index in [-0.39, 0.29) is 18.1 Å². The number of benzene rings is 1. The van der Waals surface area contributed by atoms with Crippen molar-refractivity contribution in [1.29, 1.82) is 5.26 Å². The summed E-state index contributed by atoms with van der Waals surface area (Å²) in [7, 11) is 4.11. The molecule has 1 aliphatic rings. The lowest BCUT2D eigenvalue weighted by atomic mass is 9.90. The summed E-state index contributed by atoms with van der Waals surface area (Å²) >= 11 is 0. The van der Waals surface area contributed by atoms with Gasteiger partial charge in [0.2, 0.25) is 0 Å². The third-order valence-electron chi connectivity index (χ3n) is 6.86. The number of morpholine rings is 1. The number of carbonyl (C=O) groups is 1. The minimum absolute atomic E-state index is 0.124. The van der Waals surface area contributed by atoms with Crippen molar-refractivity contribution in [1.82, 2.24) is 14.9 Å². The zero-order chi connectivity index (χ0) is 27.4. The summed E-state index contributed by atoms with van der Waals surface area (Å²) in [6, 6.07) is 15.8. The van der Waals surface area contributed by atoms with Crippen LogP contribution in [0.25, 0.3) is 11.1 Å². The first kappa shape index (κ1) is 27.2. The van der Waals surface area contributed by atoms with Gasteiger partial charge in [-0.1, -0.05) is 6.07 Å². The van der Waals surface area contributed by atoms with Crippen LogP contribution in [0.3, 0.4) is 0 Å². The van der Waals surface area contributed by atoms with Gasteiger partial charge in [-0.3, -0.25) is 9.78 Å². The van der Waals surface area contributed by atoms with Crippen molar-refractivity contribution in [3.05, 3.63) is 71.7 Å². The summed E-state index contributed by atoms with van der Waals surface area (Å²) < 4.78 is 6.04. The normalized spacial score (nSPS) is 17.8. The molecule has 0 spiro atoms. The first-order valence-corrected chi connectivity index (χ1v) is 12.9. The molecule has 0 aliphatic carbocycles. The van der Waals surface area contributed by atoms with Gasteiger partial charge in [0.15, 0.2) is 0 Å². The summed E-state index contributed by atoms with van der Waals surface area (Å²) in [6.45, 7) is 10.1. The number of hydrogen-bond donors (Lipinski definition) is 1. The van der Waals surface area contributed by atoms with E-state index in [0.717, 1.165) is 35.6 Å². The molecule has 8 heteroatoms. The van der Waals surface area contributed by atoms with E-state index in [4.69, 9.17) is 4.74 Å². The highest BCUT2D eigenvalue weighted by atomic mass is 16.5. The fourth-order valence-electron chi connectivity index (χ4n) is 4.58. The maximum atomic E-state index is 13.1. The molecule has 0 radical (unpaired) electrons. The fourth-order valence-corrected chi connectivity index (χ4v) is 4.58. The number of likely N-dealkylation sites (N-methyl/N-ethyl adjacent to an activating group) is 1. The van der Waals surface area contributed by atoms with E-state index < -0.39 is 5.41 Å². The Balaban J connectivity index is 1.57. The highest BCUT2D eigenvalue weighted by Gasteiger charge is 2.28. The largest absolute Gasteiger partial charge is 0.373 e. The molecule has 1 aromatic carbocycles. The molecule has 3 aromatic rings. The van der Waals surface area contributed by atoms with E-state index in [9.17, 15) is 10.1 Å². The number of aromatic nitrogens is 2. The van der Waals surface area contributed by atoms with Crippen LogP contribution in [0.1, 0.15) is 42.4 Å². The van der Waals surface area contributed by atoms with Gasteiger partial charge in [-0.25, -0.2) is 4.98 Å². The Kier molecular flexibility index (Phi) is 8.10. The predicted molar refractivity (Wildman–Crippen MR) is 150 cm³/mol. The number of ether oxygens (including phenoxy) is 1. The van der Waals surface area contributed by atoms with E-state index in [2.05, 4.69) is 65.2 Å². The summed E-state index contributed by atoms with van der Waals surface area (Å²) in [5.74, 6) is 0.669. The minimum Gasteiger partial charge on any atom is -0.373 e.